The van der Waals surface area contributed by atoms with Crippen molar-refractivity contribution in [2.24, 2.45) is 0 Å². The van der Waals surface area contributed by atoms with Gasteiger partial charge in [0, 0.05) is 0 Å². The quantitative estimate of drug-likeness (QED) is 0.263. The molecule has 0 amide bonds. The molecule has 0 saturated carbocycles. The molecular weight excluding hydrogens is 360 g/mol. The van der Waals surface area contributed by atoms with Crippen molar-refractivity contribution >= 4 is 32.3 Å². The second-order valence-electron chi connectivity index (χ2n) is 8.36. The molecule has 6 aromatic carbocycles. The van der Waals surface area contributed by atoms with Crippen LogP contribution in [0.2, 0.25) is 0 Å². The normalized spacial score (nSPS) is 11.7. The Morgan fingerprint density at radius 3 is 1.07 bits per heavy atom. The van der Waals surface area contributed by atoms with Crippen LogP contribution < -0.4 is 0 Å². The maximum atomic E-state index is 2.35. The van der Waals surface area contributed by atoms with Crippen LogP contribution in [0.25, 0.3) is 54.6 Å². The lowest BCUT2D eigenvalue weighted by Gasteiger charge is -2.15. The highest BCUT2D eigenvalue weighted by atomic mass is 14.2. The fraction of sp³-hybridized carbons (Fsp3) is 0.0667. The largest absolute Gasteiger partial charge is 0.0620 e. The maximum absolute atomic E-state index is 2.35. The summed E-state index contributed by atoms with van der Waals surface area (Å²) in [6, 6.07) is 35.8. The molecule has 0 unspecified atom stereocenters. The van der Waals surface area contributed by atoms with Crippen molar-refractivity contribution in [1.29, 1.82) is 0 Å². The Kier molecular flexibility index (Phi) is 3.70. The van der Waals surface area contributed by atoms with Gasteiger partial charge in [-0.1, -0.05) is 72.8 Å². The third-order valence-corrected chi connectivity index (χ3v) is 6.45. The van der Waals surface area contributed by atoms with Gasteiger partial charge in [-0.25, -0.2) is 0 Å². The molecular formula is C30H22. The SMILES string of the molecule is Cc1ccccc1-c1cc2ccc3cc(-c4ccccc4C)cc4ccc(c1)c2c34. The molecule has 0 radical (unpaired) electrons. The number of aryl methyl sites for hydroxylation is 2. The average Bonchev–Trinajstić information content (AvgIpc) is 2.77. The molecule has 0 spiro atoms. The van der Waals surface area contributed by atoms with Gasteiger partial charge in [0.1, 0.15) is 0 Å². The van der Waals surface area contributed by atoms with Gasteiger partial charge in [0.25, 0.3) is 0 Å². The minimum Gasteiger partial charge on any atom is -0.0620 e. The van der Waals surface area contributed by atoms with Gasteiger partial charge < -0.3 is 0 Å². The van der Waals surface area contributed by atoms with E-state index in [1.165, 1.54) is 65.7 Å². The Balaban J connectivity index is 1.64. The van der Waals surface area contributed by atoms with Crippen molar-refractivity contribution in [3.8, 4) is 22.3 Å². The topological polar surface area (TPSA) is 0 Å². The van der Waals surface area contributed by atoms with Gasteiger partial charge in [0.15, 0.2) is 0 Å². The van der Waals surface area contributed by atoms with Crippen molar-refractivity contribution in [3.63, 3.8) is 0 Å². The Bertz CT molecular complexity index is 1370. The zero-order valence-corrected chi connectivity index (χ0v) is 17.2. The highest BCUT2D eigenvalue weighted by Crippen LogP contribution is 2.40. The van der Waals surface area contributed by atoms with Crippen molar-refractivity contribution < 1.29 is 0 Å². The third kappa shape index (κ3) is 2.54. The van der Waals surface area contributed by atoms with E-state index in [0.717, 1.165) is 0 Å². The summed E-state index contributed by atoms with van der Waals surface area (Å²) in [6.45, 7) is 4.37. The number of benzene rings is 6. The van der Waals surface area contributed by atoms with E-state index in [0.29, 0.717) is 0 Å². The van der Waals surface area contributed by atoms with E-state index in [9.17, 15) is 0 Å². The fourth-order valence-electron chi connectivity index (χ4n) is 4.94. The molecule has 0 atom stereocenters. The molecule has 142 valence electrons. The predicted octanol–water partition coefficient (Wildman–Crippen LogP) is 8.53. The molecule has 0 N–H and O–H groups in total. The smallest absolute Gasteiger partial charge is 0.00264 e. The third-order valence-electron chi connectivity index (χ3n) is 6.45. The zero-order valence-electron chi connectivity index (χ0n) is 17.2. The lowest BCUT2D eigenvalue weighted by atomic mass is 9.88. The van der Waals surface area contributed by atoms with E-state index in [2.05, 4.69) is 111 Å². The van der Waals surface area contributed by atoms with Gasteiger partial charge in [-0.2, -0.15) is 0 Å². The van der Waals surface area contributed by atoms with Crippen LogP contribution in [0.5, 0.6) is 0 Å². The summed E-state index contributed by atoms with van der Waals surface area (Å²) >= 11 is 0. The molecule has 0 heteroatoms. The fourth-order valence-corrected chi connectivity index (χ4v) is 4.94. The van der Waals surface area contributed by atoms with Crippen LogP contribution in [0.15, 0.2) is 97.1 Å². The lowest BCUT2D eigenvalue weighted by molar-refractivity contribution is 1.46. The summed E-state index contributed by atoms with van der Waals surface area (Å²) in [5.74, 6) is 0. The van der Waals surface area contributed by atoms with Crippen LogP contribution in [-0.2, 0) is 0 Å². The molecule has 0 bridgehead atoms. The standard InChI is InChI=1S/C30H22/c1-19-7-3-5-9-27(19)25-15-21-11-13-23-17-26(28-10-6-4-8-20(28)2)18-24-14-12-22(16-25)29(21)30(23)24/h3-18H,1-2H3. The summed E-state index contributed by atoms with van der Waals surface area (Å²) < 4.78 is 0. The van der Waals surface area contributed by atoms with E-state index >= 15 is 0 Å². The number of rotatable bonds is 2. The minimum absolute atomic E-state index is 1.29. The highest BCUT2D eigenvalue weighted by molar-refractivity contribution is 6.24. The zero-order chi connectivity index (χ0) is 20.2. The van der Waals surface area contributed by atoms with Gasteiger partial charge in [-0.3, -0.25) is 0 Å². The van der Waals surface area contributed by atoms with Crippen LogP contribution in [0.1, 0.15) is 11.1 Å². The van der Waals surface area contributed by atoms with Crippen molar-refractivity contribution in [3.05, 3.63) is 108 Å². The molecule has 0 aliphatic rings. The van der Waals surface area contributed by atoms with Crippen molar-refractivity contribution in [2.45, 2.75) is 13.8 Å². The van der Waals surface area contributed by atoms with Gasteiger partial charge in [-0.05, 0) is 104 Å². The van der Waals surface area contributed by atoms with Gasteiger partial charge in [0.2, 0.25) is 0 Å². The molecule has 6 rings (SSSR count). The first-order valence-corrected chi connectivity index (χ1v) is 10.5. The summed E-state index contributed by atoms with van der Waals surface area (Å²) in [6.07, 6.45) is 0. The van der Waals surface area contributed by atoms with E-state index in [-0.39, 0.29) is 0 Å². The minimum atomic E-state index is 1.29. The summed E-state index contributed by atoms with van der Waals surface area (Å²) in [5, 5.41) is 8.00. The van der Waals surface area contributed by atoms with Crippen LogP contribution in [0.3, 0.4) is 0 Å². The first-order valence-electron chi connectivity index (χ1n) is 10.5. The van der Waals surface area contributed by atoms with Gasteiger partial charge in [0.05, 0.1) is 0 Å². The summed E-state index contributed by atoms with van der Waals surface area (Å²) in [4.78, 5) is 0. The monoisotopic (exact) mass is 382 g/mol. The number of hydrogen-bond donors (Lipinski definition) is 0. The van der Waals surface area contributed by atoms with E-state index in [4.69, 9.17) is 0 Å². The first-order chi connectivity index (χ1) is 14.7. The Morgan fingerprint density at radius 1 is 0.400 bits per heavy atom. The van der Waals surface area contributed by atoms with E-state index < -0.39 is 0 Å². The van der Waals surface area contributed by atoms with Crippen LogP contribution in [-0.4, -0.2) is 0 Å². The Hall–Kier alpha value is -3.64. The van der Waals surface area contributed by atoms with E-state index in [1.807, 2.05) is 0 Å². The lowest BCUT2D eigenvalue weighted by Crippen LogP contribution is -1.89. The molecule has 6 aromatic rings. The van der Waals surface area contributed by atoms with Crippen molar-refractivity contribution in [2.75, 3.05) is 0 Å². The van der Waals surface area contributed by atoms with Crippen LogP contribution in [0.4, 0.5) is 0 Å². The Labute approximate surface area is 176 Å². The predicted molar refractivity (Wildman–Crippen MR) is 130 cm³/mol. The first kappa shape index (κ1) is 17.2. The second kappa shape index (κ2) is 6.43. The van der Waals surface area contributed by atoms with Crippen LogP contribution in [0, 0.1) is 13.8 Å². The molecule has 0 fully saturated rings. The van der Waals surface area contributed by atoms with Crippen molar-refractivity contribution in [1.82, 2.24) is 0 Å². The number of hydrogen-bond acceptors (Lipinski definition) is 0. The molecule has 0 aliphatic carbocycles. The molecule has 30 heavy (non-hydrogen) atoms. The molecule has 0 heterocycles. The summed E-state index contributed by atoms with van der Waals surface area (Å²) in [5.41, 5.74) is 7.83. The highest BCUT2D eigenvalue weighted by Gasteiger charge is 2.13. The second-order valence-corrected chi connectivity index (χ2v) is 8.36. The average molecular weight is 383 g/mol. The van der Waals surface area contributed by atoms with E-state index in [1.54, 1.807) is 0 Å². The molecule has 0 saturated heterocycles. The van der Waals surface area contributed by atoms with Gasteiger partial charge >= 0.3 is 0 Å². The van der Waals surface area contributed by atoms with Crippen LogP contribution >= 0.6 is 0 Å². The molecule has 0 aliphatic heterocycles. The molecule has 0 aromatic heterocycles. The Morgan fingerprint density at radius 2 is 0.733 bits per heavy atom. The van der Waals surface area contributed by atoms with Gasteiger partial charge in [-0.15, -0.1) is 0 Å². The molecule has 0 nitrogen and oxygen atoms in total. The summed E-state index contributed by atoms with van der Waals surface area (Å²) in [7, 11) is 0. The maximum Gasteiger partial charge on any atom is -0.00264 e.